The van der Waals surface area contributed by atoms with Crippen molar-refractivity contribution in [2.45, 2.75) is 76.8 Å². The molecule has 2 atom stereocenters. The number of aromatic nitrogens is 2. The minimum absolute atomic E-state index is 0.0540. The average Bonchev–Trinajstić information content (AvgIpc) is 3.07. The molecule has 8 nitrogen and oxygen atoms in total. The van der Waals surface area contributed by atoms with E-state index in [1.165, 1.54) is 33.0 Å². The first-order valence-electron chi connectivity index (χ1n) is 11.4. The number of aryl methyl sites for hydroxylation is 1. The summed E-state index contributed by atoms with van der Waals surface area (Å²) in [7, 11) is -3.84. The molecule has 4 rings (SSSR count). The predicted molar refractivity (Wildman–Crippen MR) is 125 cm³/mol. The molecule has 2 aromatic heterocycles. The largest absolute Gasteiger partial charge is 0.352 e. The van der Waals surface area contributed by atoms with E-state index in [0.717, 1.165) is 32.1 Å². The highest BCUT2D eigenvalue weighted by Crippen LogP contribution is 2.35. The van der Waals surface area contributed by atoms with Crippen LogP contribution in [0.3, 0.4) is 0 Å². The minimum Gasteiger partial charge on any atom is -0.352 e. The van der Waals surface area contributed by atoms with Gasteiger partial charge in [0.25, 0.3) is 5.56 Å². The van der Waals surface area contributed by atoms with Crippen molar-refractivity contribution in [3.8, 4) is 0 Å². The highest BCUT2D eigenvalue weighted by molar-refractivity contribution is 7.89. The van der Waals surface area contributed by atoms with Crippen molar-refractivity contribution in [2.75, 3.05) is 13.1 Å². The predicted octanol–water partition coefficient (Wildman–Crippen LogP) is 2.88. The van der Waals surface area contributed by atoms with Crippen LogP contribution >= 0.6 is 11.3 Å². The van der Waals surface area contributed by atoms with Gasteiger partial charge in [-0.05, 0) is 38.0 Å². The Balaban J connectivity index is 1.66. The standard InChI is InChI=1S/C22H32N4O4S2/c1-14-9-15(2)11-26(10-14)32(29,30)20-16(3)31-21-19(20)22(28)25(13-23-21)12-18(27)24-17-7-5-4-6-8-17/h13-15,17H,4-12H2,1-3H3,(H,24,27). The molecular formula is C22H32N4O4S2. The number of piperidine rings is 1. The smallest absolute Gasteiger partial charge is 0.263 e. The minimum atomic E-state index is -3.84. The Kier molecular flexibility index (Phi) is 6.74. The molecule has 1 saturated heterocycles. The number of carbonyl (C=O) groups is 1. The van der Waals surface area contributed by atoms with E-state index in [-0.39, 0.29) is 40.6 Å². The van der Waals surface area contributed by atoms with E-state index >= 15 is 0 Å². The summed E-state index contributed by atoms with van der Waals surface area (Å²) in [5, 5.41) is 3.11. The summed E-state index contributed by atoms with van der Waals surface area (Å²) in [6.07, 6.45) is 7.63. The molecule has 32 heavy (non-hydrogen) atoms. The Labute approximate surface area is 193 Å². The lowest BCUT2D eigenvalue weighted by atomic mass is 9.94. The van der Waals surface area contributed by atoms with Gasteiger partial charge in [0.05, 0.1) is 11.7 Å². The number of sulfonamides is 1. The van der Waals surface area contributed by atoms with Gasteiger partial charge in [-0.25, -0.2) is 13.4 Å². The van der Waals surface area contributed by atoms with Crippen molar-refractivity contribution >= 4 is 37.5 Å². The first-order valence-corrected chi connectivity index (χ1v) is 13.7. The Hall–Kier alpha value is -1.78. The van der Waals surface area contributed by atoms with Gasteiger partial charge in [-0.1, -0.05) is 33.1 Å². The molecule has 2 aromatic rings. The highest BCUT2D eigenvalue weighted by atomic mass is 32.2. The number of nitrogens with one attached hydrogen (secondary N) is 1. The number of fused-ring (bicyclic) bond motifs is 1. The number of nitrogens with zero attached hydrogens (tertiary/aromatic N) is 3. The van der Waals surface area contributed by atoms with Gasteiger partial charge < -0.3 is 5.32 Å². The lowest BCUT2D eigenvalue weighted by Crippen LogP contribution is -2.43. The second kappa shape index (κ2) is 9.23. The van der Waals surface area contributed by atoms with Crippen LogP contribution in [-0.2, 0) is 21.4 Å². The first-order chi connectivity index (χ1) is 15.2. The summed E-state index contributed by atoms with van der Waals surface area (Å²) < 4.78 is 29.9. The van der Waals surface area contributed by atoms with Crippen LogP contribution in [0.5, 0.6) is 0 Å². The summed E-state index contributed by atoms with van der Waals surface area (Å²) in [6, 6.07) is 0.144. The van der Waals surface area contributed by atoms with Gasteiger partial charge in [0, 0.05) is 24.0 Å². The second-order valence-electron chi connectivity index (χ2n) is 9.52. The Bertz CT molecular complexity index is 1150. The summed E-state index contributed by atoms with van der Waals surface area (Å²) in [5.74, 6) is 0.282. The molecule has 2 fully saturated rings. The van der Waals surface area contributed by atoms with Gasteiger partial charge in [0.1, 0.15) is 16.3 Å². The second-order valence-corrected chi connectivity index (χ2v) is 12.6. The Morgan fingerprint density at radius 2 is 1.84 bits per heavy atom. The van der Waals surface area contributed by atoms with Crippen LogP contribution in [0, 0.1) is 18.8 Å². The molecule has 10 heteroatoms. The maximum absolute atomic E-state index is 13.6. The van der Waals surface area contributed by atoms with Gasteiger partial charge in [0.15, 0.2) is 0 Å². The molecule has 2 unspecified atom stereocenters. The number of hydrogen-bond donors (Lipinski definition) is 1. The van der Waals surface area contributed by atoms with E-state index in [1.54, 1.807) is 6.92 Å². The molecule has 3 heterocycles. The van der Waals surface area contributed by atoms with Crippen molar-refractivity contribution < 1.29 is 13.2 Å². The fourth-order valence-corrected chi connectivity index (χ4v) is 8.49. The summed E-state index contributed by atoms with van der Waals surface area (Å²) in [5.41, 5.74) is -0.477. The van der Waals surface area contributed by atoms with E-state index in [0.29, 0.717) is 22.8 Å². The normalized spacial score (nSPS) is 23.5. The molecule has 0 spiro atoms. The van der Waals surface area contributed by atoms with Gasteiger partial charge in [-0.15, -0.1) is 11.3 Å². The van der Waals surface area contributed by atoms with Crippen molar-refractivity contribution in [1.82, 2.24) is 19.2 Å². The number of amides is 1. The van der Waals surface area contributed by atoms with E-state index in [2.05, 4.69) is 24.1 Å². The van der Waals surface area contributed by atoms with E-state index in [1.807, 2.05) is 0 Å². The Morgan fingerprint density at radius 1 is 1.19 bits per heavy atom. The average molecular weight is 481 g/mol. The fraction of sp³-hybridized carbons (Fsp3) is 0.682. The number of thiophene rings is 1. The summed E-state index contributed by atoms with van der Waals surface area (Å²) in [4.78, 5) is 31.2. The zero-order valence-electron chi connectivity index (χ0n) is 19.0. The lowest BCUT2D eigenvalue weighted by Gasteiger charge is -2.34. The zero-order valence-corrected chi connectivity index (χ0v) is 20.6. The zero-order chi connectivity index (χ0) is 23.0. The quantitative estimate of drug-likeness (QED) is 0.709. The maximum atomic E-state index is 13.6. The van der Waals surface area contributed by atoms with Gasteiger partial charge >= 0.3 is 0 Å². The number of rotatable bonds is 5. The summed E-state index contributed by atoms with van der Waals surface area (Å²) >= 11 is 1.21. The molecule has 1 aliphatic carbocycles. The number of hydrogen-bond acceptors (Lipinski definition) is 6. The third-order valence-electron chi connectivity index (χ3n) is 6.52. The third kappa shape index (κ3) is 4.63. The van der Waals surface area contributed by atoms with Gasteiger partial charge in [-0.2, -0.15) is 4.31 Å². The lowest BCUT2D eigenvalue weighted by molar-refractivity contribution is -0.122. The van der Waals surface area contributed by atoms with Crippen LogP contribution in [0.2, 0.25) is 0 Å². The van der Waals surface area contributed by atoms with Crippen LogP contribution in [0.15, 0.2) is 16.0 Å². The molecular weight excluding hydrogens is 448 g/mol. The molecule has 1 amide bonds. The maximum Gasteiger partial charge on any atom is 0.263 e. The van der Waals surface area contributed by atoms with Gasteiger partial charge in [0.2, 0.25) is 15.9 Å². The van der Waals surface area contributed by atoms with Crippen molar-refractivity contribution in [3.63, 3.8) is 0 Å². The molecule has 0 bridgehead atoms. The summed E-state index contributed by atoms with van der Waals surface area (Å²) in [6.45, 7) is 6.55. The van der Waals surface area contributed by atoms with Crippen LogP contribution in [0.1, 0.15) is 57.2 Å². The molecule has 2 aliphatic rings. The molecule has 0 aromatic carbocycles. The molecule has 176 valence electrons. The third-order valence-corrected chi connectivity index (χ3v) is 9.66. The van der Waals surface area contributed by atoms with Crippen LogP contribution in [-0.4, -0.2) is 47.3 Å². The Morgan fingerprint density at radius 3 is 2.50 bits per heavy atom. The number of carbonyl (C=O) groups excluding carboxylic acids is 1. The first kappa shape index (κ1) is 23.4. The molecule has 1 aliphatic heterocycles. The van der Waals surface area contributed by atoms with Crippen molar-refractivity contribution in [3.05, 3.63) is 21.6 Å². The van der Waals surface area contributed by atoms with E-state index < -0.39 is 15.6 Å². The molecule has 1 saturated carbocycles. The van der Waals surface area contributed by atoms with E-state index in [4.69, 9.17) is 0 Å². The fourth-order valence-electron chi connectivity index (χ4n) is 5.14. The van der Waals surface area contributed by atoms with E-state index in [9.17, 15) is 18.0 Å². The van der Waals surface area contributed by atoms with Crippen LogP contribution in [0.25, 0.3) is 10.2 Å². The van der Waals surface area contributed by atoms with Gasteiger partial charge in [-0.3, -0.25) is 14.2 Å². The van der Waals surface area contributed by atoms with Crippen LogP contribution < -0.4 is 10.9 Å². The van der Waals surface area contributed by atoms with Crippen molar-refractivity contribution in [2.24, 2.45) is 11.8 Å². The molecule has 0 radical (unpaired) electrons. The monoisotopic (exact) mass is 480 g/mol. The molecule has 1 N–H and O–H groups in total. The SMILES string of the molecule is Cc1sc2ncn(CC(=O)NC3CCCCC3)c(=O)c2c1S(=O)(=O)N1CC(C)CC(C)C1. The van der Waals surface area contributed by atoms with Crippen molar-refractivity contribution in [1.29, 1.82) is 0 Å². The van der Waals surface area contributed by atoms with Crippen LogP contribution in [0.4, 0.5) is 0 Å². The topological polar surface area (TPSA) is 101 Å². The highest BCUT2D eigenvalue weighted by Gasteiger charge is 2.36.